The topological polar surface area (TPSA) is 21.6 Å². The van der Waals surface area contributed by atoms with Crippen LogP contribution in [0.15, 0.2) is 34.3 Å². The summed E-state index contributed by atoms with van der Waals surface area (Å²) in [6.07, 6.45) is 3.93. The van der Waals surface area contributed by atoms with Crippen molar-refractivity contribution in [1.29, 1.82) is 0 Å². The molecule has 0 saturated carbocycles. The molecule has 0 atom stereocenters. The summed E-state index contributed by atoms with van der Waals surface area (Å²) < 4.78 is 0. The fourth-order valence-electron chi connectivity index (χ4n) is 1.13. The fraction of sp³-hybridized carbons (Fsp3) is 0.333. The van der Waals surface area contributed by atoms with Crippen LogP contribution in [0.3, 0.4) is 0 Å². The molecule has 0 amide bonds. The lowest BCUT2D eigenvalue weighted by atomic mass is 10.1. The van der Waals surface area contributed by atoms with Gasteiger partial charge < -0.3 is 4.84 Å². The van der Waals surface area contributed by atoms with E-state index >= 15 is 0 Å². The summed E-state index contributed by atoms with van der Waals surface area (Å²) in [5.74, 6) is 0. The first kappa shape index (κ1) is 12.1. The monoisotopic (exact) mass is 222 g/mol. The van der Waals surface area contributed by atoms with Crippen LogP contribution in [-0.4, -0.2) is 11.8 Å². The van der Waals surface area contributed by atoms with Crippen molar-refractivity contribution in [3.63, 3.8) is 0 Å². The number of rotatable bonds is 4. The Hall–Kier alpha value is -0.960. The zero-order valence-electron chi connectivity index (χ0n) is 9.36. The van der Waals surface area contributed by atoms with Gasteiger partial charge in [-0.2, -0.15) is 0 Å². The Morgan fingerprint density at radius 3 is 2.67 bits per heavy atom. The Morgan fingerprint density at radius 1 is 1.40 bits per heavy atom. The van der Waals surface area contributed by atoms with Crippen molar-refractivity contribution in [2.45, 2.75) is 31.8 Å². The summed E-state index contributed by atoms with van der Waals surface area (Å²) in [5, 5.41) is 4.08. The van der Waals surface area contributed by atoms with Crippen molar-refractivity contribution in [3.05, 3.63) is 36.1 Å². The second-order valence-corrected chi connectivity index (χ2v) is 4.20. The Kier molecular flexibility index (Phi) is 4.69. The van der Waals surface area contributed by atoms with Gasteiger partial charge in [0.25, 0.3) is 0 Å². The van der Waals surface area contributed by atoms with E-state index in [1.54, 1.807) is 0 Å². The van der Waals surface area contributed by atoms with E-state index in [2.05, 4.69) is 11.4 Å². The van der Waals surface area contributed by atoms with Crippen LogP contribution in [0.5, 0.6) is 0 Å². The summed E-state index contributed by atoms with van der Waals surface area (Å²) in [6, 6.07) is 8.04. The molecule has 0 aliphatic heterocycles. The summed E-state index contributed by atoms with van der Waals surface area (Å²) in [4.78, 5) is 6.33. The molecular formula is C12H16NOS. The molecule has 0 bridgehead atoms. The minimum Gasteiger partial charge on any atom is -0.393 e. The maximum Gasteiger partial charge on any atom is 0.122 e. The molecule has 0 aromatic heterocycles. The van der Waals surface area contributed by atoms with E-state index in [-0.39, 0.29) is 6.10 Å². The van der Waals surface area contributed by atoms with Gasteiger partial charge in [0.2, 0.25) is 0 Å². The standard InChI is InChI=1S/C12H16NOS/c1-9(2)14-13-10(3)11-7-5-6-8-12(11)15-4/h5-9H,4H2,1-3H3/i14+0. The van der Waals surface area contributed by atoms with E-state index in [1.807, 2.05) is 45.0 Å². The molecule has 81 valence electrons. The van der Waals surface area contributed by atoms with E-state index in [4.69, 9.17) is 4.84 Å². The van der Waals surface area contributed by atoms with Crippen molar-refractivity contribution in [2.24, 2.45) is 5.16 Å². The molecule has 0 spiro atoms. The highest BCUT2D eigenvalue weighted by Gasteiger charge is 2.04. The first-order chi connectivity index (χ1) is 7.15. The number of hydrogen-bond donors (Lipinski definition) is 0. The van der Waals surface area contributed by atoms with Gasteiger partial charge in [0.15, 0.2) is 0 Å². The molecule has 0 heterocycles. The van der Waals surface area contributed by atoms with Crippen LogP contribution < -0.4 is 0 Å². The molecule has 1 aromatic rings. The molecule has 0 saturated heterocycles. The van der Waals surface area contributed by atoms with Gasteiger partial charge in [0, 0.05) is 16.7 Å². The second kappa shape index (κ2) is 5.81. The molecule has 3 heteroatoms. The Morgan fingerprint density at radius 2 is 2.07 bits per heavy atom. The largest absolute Gasteiger partial charge is 0.393 e. The smallest absolute Gasteiger partial charge is 0.122 e. The molecule has 0 aliphatic rings. The quantitative estimate of drug-likeness (QED) is 0.440. The van der Waals surface area contributed by atoms with Crippen LogP contribution >= 0.6 is 11.8 Å². The van der Waals surface area contributed by atoms with Crippen LogP contribution in [-0.2, 0) is 4.84 Å². The van der Waals surface area contributed by atoms with Gasteiger partial charge in [-0.3, -0.25) is 0 Å². The molecule has 15 heavy (non-hydrogen) atoms. The number of hydrogen-bond acceptors (Lipinski definition) is 3. The van der Waals surface area contributed by atoms with E-state index in [9.17, 15) is 0 Å². The van der Waals surface area contributed by atoms with Gasteiger partial charge in [-0.1, -0.05) is 23.4 Å². The van der Waals surface area contributed by atoms with E-state index < -0.39 is 0 Å². The first-order valence-corrected chi connectivity index (χ1v) is 5.85. The Bertz CT molecular complexity index is 347. The normalized spacial score (nSPS) is 11.9. The Balaban J connectivity index is 2.89. The average molecular weight is 222 g/mol. The highest BCUT2D eigenvalue weighted by Crippen LogP contribution is 2.21. The molecule has 0 unspecified atom stereocenters. The van der Waals surface area contributed by atoms with E-state index in [0.717, 1.165) is 16.2 Å². The fourth-order valence-corrected chi connectivity index (χ4v) is 1.67. The minimum absolute atomic E-state index is 0.111. The number of thioether (sulfide) groups is 1. The van der Waals surface area contributed by atoms with Gasteiger partial charge in [-0.25, -0.2) is 0 Å². The molecule has 1 aromatic carbocycles. The van der Waals surface area contributed by atoms with E-state index in [0.29, 0.717) is 0 Å². The lowest BCUT2D eigenvalue weighted by Crippen LogP contribution is -2.02. The van der Waals surface area contributed by atoms with Crippen molar-refractivity contribution in [2.75, 3.05) is 0 Å². The zero-order chi connectivity index (χ0) is 11.3. The first-order valence-electron chi connectivity index (χ1n) is 4.87. The summed E-state index contributed by atoms with van der Waals surface area (Å²) in [5.41, 5.74) is 1.97. The van der Waals surface area contributed by atoms with Gasteiger partial charge >= 0.3 is 0 Å². The third-order valence-electron chi connectivity index (χ3n) is 1.83. The van der Waals surface area contributed by atoms with Crippen LogP contribution in [0.25, 0.3) is 0 Å². The molecule has 0 N–H and O–H groups in total. The summed E-state index contributed by atoms with van der Waals surface area (Å²) in [7, 11) is 0. The van der Waals surface area contributed by atoms with Crippen molar-refractivity contribution < 1.29 is 4.84 Å². The maximum absolute atomic E-state index is 5.22. The van der Waals surface area contributed by atoms with Crippen molar-refractivity contribution in [3.8, 4) is 0 Å². The second-order valence-electron chi connectivity index (χ2n) is 3.47. The van der Waals surface area contributed by atoms with Gasteiger partial charge in [0.1, 0.15) is 6.10 Å². The zero-order valence-corrected chi connectivity index (χ0v) is 10.2. The van der Waals surface area contributed by atoms with Crippen LogP contribution in [0.4, 0.5) is 0 Å². The third-order valence-corrected chi connectivity index (χ3v) is 2.50. The number of oxime groups is 1. The maximum atomic E-state index is 5.22. The number of benzene rings is 1. The molecule has 1 radical (unpaired) electrons. The van der Waals surface area contributed by atoms with Crippen molar-refractivity contribution in [1.82, 2.24) is 0 Å². The lowest BCUT2D eigenvalue weighted by molar-refractivity contribution is 0.0860. The lowest BCUT2D eigenvalue weighted by Gasteiger charge is -2.07. The minimum atomic E-state index is 0.111. The molecule has 0 fully saturated rings. The third kappa shape index (κ3) is 3.59. The van der Waals surface area contributed by atoms with Crippen LogP contribution in [0.2, 0.25) is 0 Å². The molecule has 1 rings (SSSR count). The molecule has 0 aliphatic carbocycles. The Labute approximate surface area is 95.7 Å². The summed E-state index contributed by atoms with van der Waals surface area (Å²) >= 11 is 1.47. The number of nitrogens with zero attached hydrogens (tertiary/aromatic N) is 1. The van der Waals surface area contributed by atoms with E-state index in [1.165, 1.54) is 11.8 Å². The summed E-state index contributed by atoms with van der Waals surface area (Å²) in [6.45, 7) is 5.86. The highest BCUT2D eigenvalue weighted by molar-refractivity contribution is 8.00. The predicted molar refractivity (Wildman–Crippen MR) is 66.1 cm³/mol. The highest BCUT2D eigenvalue weighted by atomic mass is 32.2. The predicted octanol–water partition coefficient (Wildman–Crippen LogP) is 3.72. The SMILES string of the molecule is [CH2]Sc1ccccc1C(C)=N[16O]C(C)C. The van der Waals surface area contributed by atoms with Gasteiger partial charge in [-0.15, -0.1) is 11.8 Å². The van der Waals surface area contributed by atoms with Crippen LogP contribution in [0.1, 0.15) is 26.3 Å². The van der Waals surface area contributed by atoms with Crippen LogP contribution in [0, 0.1) is 6.26 Å². The average Bonchev–Trinajstić information content (AvgIpc) is 2.25. The van der Waals surface area contributed by atoms with Gasteiger partial charge in [0.05, 0.1) is 5.71 Å². The molecule has 2 nitrogen and oxygen atoms in total. The van der Waals surface area contributed by atoms with Crippen molar-refractivity contribution >= 4 is 17.5 Å². The molecular weight excluding hydrogens is 206 g/mol. The van der Waals surface area contributed by atoms with Gasteiger partial charge in [-0.05, 0) is 26.8 Å².